The Balaban J connectivity index is 1.89. The molecule has 0 saturated carbocycles. The van der Waals surface area contributed by atoms with Gasteiger partial charge in [-0.15, -0.1) is 0 Å². The highest BCUT2D eigenvalue weighted by Gasteiger charge is 2.42. The molecule has 1 aromatic heterocycles. The Labute approximate surface area is 158 Å². The number of nitrogens with two attached hydrogens (primary N) is 1. The number of pyridine rings is 1. The lowest BCUT2D eigenvalue weighted by Crippen LogP contribution is -2.54. The van der Waals surface area contributed by atoms with E-state index in [9.17, 15) is 9.59 Å². The van der Waals surface area contributed by atoms with E-state index < -0.39 is 5.60 Å². The number of anilines is 3. The van der Waals surface area contributed by atoms with Crippen LogP contribution in [0, 0.1) is 20.8 Å². The van der Waals surface area contributed by atoms with Crippen molar-refractivity contribution in [1.29, 1.82) is 0 Å². The molecule has 2 aromatic rings. The lowest BCUT2D eigenvalue weighted by atomic mass is 10.0. The summed E-state index contributed by atoms with van der Waals surface area (Å²) in [6, 6.07) is 7.26. The van der Waals surface area contributed by atoms with E-state index in [1.54, 1.807) is 26.0 Å². The predicted octanol–water partition coefficient (Wildman–Crippen LogP) is 2.73. The van der Waals surface area contributed by atoms with Crippen molar-refractivity contribution in [1.82, 2.24) is 4.98 Å². The maximum atomic E-state index is 12.8. The van der Waals surface area contributed by atoms with Gasteiger partial charge in [0.05, 0.1) is 0 Å². The van der Waals surface area contributed by atoms with Gasteiger partial charge in [-0.1, -0.05) is 17.7 Å². The van der Waals surface area contributed by atoms with Gasteiger partial charge in [0.1, 0.15) is 12.4 Å². The number of benzene rings is 1. The van der Waals surface area contributed by atoms with E-state index in [1.165, 1.54) is 4.90 Å². The topological polar surface area (TPSA) is 97.5 Å². The summed E-state index contributed by atoms with van der Waals surface area (Å²) in [5.74, 6) is 0.267. The number of hydrogen-bond acceptors (Lipinski definition) is 5. The maximum absolute atomic E-state index is 12.8. The summed E-state index contributed by atoms with van der Waals surface area (Å²) >= 11 is 0. The molecule has 0 unspecified atom stereocenters. The molecule has 2 heterocycles. The Hall–Kier alpha value is -3.09. The van der Waals surface area contributed by atoms with Crippen molar-refractivity contribution in [2.75, 3.05) is 22.5 Å². The smallest absolute Gasteiger partial charge is 0.272 e. The van der Waals surface area contributed by atoms with Crippen molar-refractivity contribution >= 4 is 29.1 Å². The average Bonchev–Trinajstić information content (AvgIpc) is 2.56. The van der Waals surface area contributed by atoms with E-state index >= 15 is 0 Å². The molecule has 1 aliphatic rings. The lowest BCUT2D eigenvalue weighted by molar-refractivity contribution is -0.133. The Bertz CT molecular complexity index is 914. The van der Waals surface area contributed by atoms with E-state index in [0.29, 0.717) is 5.75 Å². The summed E-state index contributed by atoms with van der Waals surface area (Å²) in [5, 5.41) is 2.91. The van der Waals surface area contributed by atoms with Crippen LogP contribution in [0.3, 0.4) is 0 Å². The van der Waals surface area contributed by atoms with Crippen LogP contribution in [0.25, 0.3) is 0 Å². The zero-order valence-electron chi connectivity index (χ0n) is 16.2. The lowest BCUT2D eigenvalue weighted by Gasteiger charge is -2.37. The van der Waals surface area contributed by atoms with Gasteiger partial charge in [-0.3, -0.25) is 14.5 Å². The number of carbonyl (C=O) groups is 2. The molecule has 0 bridgehead atoms. The van der Waals surface area contributed by atoms with E-state index in [-0.39, 0.29) is 30.0 Å². The first-order valence-electron chi connectivity index (χ1n) is 8.73. The van der Waals surface area contributed by atoms with Gasteiger partial charge in [-0.2, -0.15) is 0 Å². The monoisotopic (exact) mass is 368 g/mol. The highest BCUT2D eigenvalue weighted by molar-refractivity contribution is 6.07. The summed E-state index contributed by atoms with van der Waals surface area (Å²) in [6.07, 6.45) is 0. The second-order valence-corrected chi connectivity index (χ2v) is 7.38. The molecule has 1 aliphatic heterocycles. The van der Waals surface area contributed by atoms with Gasteiger partial charge in [0, 0.05) is 5.69 Å². The fraction of sp³-hybridized carbons (Fsp3) is 0.350. The standard InChI is InChI=1S/C20H24N4O3/c1-11-8-12(2)17(13(3)9-11)23-16(25)10-24-18-14(6-7-15(21)22-18)27-20(4,5)19(24)26/h6-9H,10H2,1-5H3,(H2,21,22)(H,23,25). The Kier molecular flexibility index (Phi) is 4.55. The molecular weight excluding hydrogens is 344 g/mol. The zero-order valence-corrected chi connectivity index (χ0v) is 16.2. The number of amides is 2. The average molecular weight is 368 g/mol. The summed E-state index contributed by atoms with van der Waals surface area (Å²) in [6.45, 7) is 9.03. The maximum Gasteiger partial charge on any atom is 0.272 e. The molecule has 0 saturated heterocycles. The van der Waals surface area contributed by atoms with Crippen molar-refractivity contribution in [3.05, 3.63) is 41.0 Å². The van der Waals surface area contributed by atoms with Crippen LogP contribution in [0.4, 0.5) is 17.3 Å². The molecule has 2 amide bonds. The van der Waals surface area contributed by atoms with Gasteiger partial charge in [-0.05, 0) is 57.9 Å². The van der Waals surface area contributed by atoms with E-state index in [0.717, 1.165) is 22.4 Å². The minimum Gasteiger partial charge on any atom is -0.474 e. The third-order valence-electron chi connectivity index (χ3n) is 4.49. The second kappa shape index (κ2) is 6.57. The van der Waals surface area contributed by atoms with Crippen LogP contribution in [0.2, 0.25) is 0 Å². The van der Waals surface area contributed by atoms with Gasteiger partial charge >= 0.3 is 0 Å². The summed E-state index contributed by atoms with van der Waals surface area (Å²) < 4.78 is 5.73. The van der Waals surface area contributed by atoms with Crippen LogP contribution in [0.5, 0.6) is 5.75 Å². The number of carbonyl (C=O) groups excluding carboxylic acids is 2. The molecule has 7 nitrogen and oxygen atoms in total. The van der Waals surface area contributed by atoms with Crippen LogP contribution in [0.15, 0.2) is 24.3 Å². The van der Waals surface area contributed by atoms with Crippen LogP contribution < -0.4 is 20.7 Å². The normalized spacial score (nSPS) is 15.1. The van der Waals surface area contributed by atoms with E-state index in [2.05, 4.69) is 10.3 Å². The van der Waals surface area contributed by atoms with Crippen LogP contribution >= 0.6 is 0 Å². The third-order valence-corrected chi connectivity index (χ3v) is 4.49. The molecule has 3 N–H and O–H groups in total. The summed E-state index contributed by atoms with van der Waals surface area (Å²) in [7, 11) is 0. The number of nitrogen functional groups attached to an aromatic ring is 1. The quantitative estimate of drug-likeness (QED) is 0.868. The first-order chi connectivity index (χ1) is 12.6. The largest absolute Gasteiger partial charge is 0.474 e. The molecule has 0 atom stereocenters. The highest BCUT2D eigenvalue weighted by atomic mass is 16.5. The molecule has 1 aromatic carbocycles. The number of fused-ring (bicyclic) bond motifs is 1. The number of hydrogen-bond donors (Lipinski definition) is 2. The molecule has 0 spiro atoms. The summed E-state index contributed by atoms with van der Waals surface area (Å²) in [4.78, 5) is 31.1. The van der Waals surface area contributed by atoms with Gasteiger partial charge in [-0.25, -0.2) is 4.98 Å². The number of aryl methyl sites for hydroxylation is 3. The van der Waals surface area contributed by atoms with Crippen LogP contribution in [-0.2, 0) is 9.59 Å². The number of rotatable bonds is 3. The Morgan fingerprint density at radius 2 is 1.85 bits per heavy atom. The Morgan fingerprint density at radius 1 is 1.22 bits per heavy atom. The van der Waals surface area contributed by atoms with Crippen LogP contribution in [0.1, 0.15) is 30.5 Å². The molecule has 3 rings (SSSR count). The molecule has 27 heavy (non-hydrogen) atoms. The van der Waals surface area contributed by atoms with Gasteiger partial charge < -0.3 is 15.8 Å². The first-order valence-corrected chi connectivity index (χ1v) is 8.73. The fourth-order valence-corrected chi connectivity index (χ4v) is 3.31. The molecular formula is C20H24N4O3. The van der Waals surface area contributed by atoms with E-state index in [4.69, 9.17) is 10.5 Å². The first kappa shape index (κ1) is 18.7. The minimum atomic E-state index is -1.10. The second-order valence-electron chi connectivity index (χ2n) is 7.38. The van der Waals surface area contributed by atoms with Crippen molar-refractivity contribution in [2.24, 2.45) is 0 Å². The van der Waals surface area contributed by atoms with Crippen molar-refractivity contribution in [3.63, 3.8) is 0 Å². The van der Waals surface area contributed by atoms with Crippen LogP contribution in [-0.4, -0.2) is 28.9 Å². The van der Waals surface area contributed by atoms with Crippen molar-refractivity contribution < 1.29 is 14.3 Å². The molecule has 142 valence electrons. The number of ether oxygens (including phenoxy) is 1. The fourth-order valence-electron chi connectivity index (χ4n) is 3.31. The minimum absolute atomic E-state index is 0.179. The molecule has 0 aliphatic carbocycles. The highest BCUT2D eigenvalue weighted by Crippen LogP contribution is 2.36. The predicted molar refractivity (Wildman–Crippen MR) is 105 cm³/mol. The van der Waals surface area contributed by atoms with E-state index in [1.807, 2.05) is 32.9 Å². The molecule has 0 fully saturated rings. The summed E-state index contributed by atoms with van der Waals surface area (Å²) in [5.41, 5.74) is 8.49. The van der Waals surface area contributed by atoms with Gasteiger partial charge in [0.2, 0.25) is 5.91 Å². The number of aromatic nitrogens is 1. The zero-order chi connectivity index (χ0) is 19.9. The molecule has 7 heteroatoms. The van der Waals surface area contributed by atoms with Crippen molar-refractivity contribution in [2.45, 2.75) is 40.2 Å². The Morgan fingerprint density at radius 3 is 2.48 bits per heavy atom. The molecule has 0 radical (unpaired) electrons. The number of nitrogens with zero attached hydrogens (tertiary/aromatic N) is 2. The SMILES string of the molecule is Cc1cc(C)c(NC(=O)CN2C(=O)C(C)(C)Oc3ccc(N)nc32)c(C)c1. The van der Waals surface area contributed by atoms with Gasteiger partial charge in [0.25, 0.3) is 5.91 Å². The van der Waals surface area contributed by atoms with Gasteiger partial charge in [0.15, 0.2) is 17.2 Å². The third kappa shape index (κ3) is 3.58. The van der Waals surface area contributed by atoms with Crippen molar-refractivity contribution in [3.8, 4) is 5.75 Å². The number of nitrogens with one attached hydrogen (secondary N) is 1.